The molecule has 0 heterocycles. The highest BCUT2D eigenvalue weighted by molar-refractivity contribution is 5.78. The zero-order valence-corrected chi connectivity index (χ0v) is 12.1. The van der Waals surface area contributed by atoms with Crippen molar-refractivity contribution in [3.63, 3.8) is 0 Å². The summed E-state index contributed by atoms with van der Waals surface area (Å²) >= 11 is 0. The fourth-order valence-electron chi connectivity index (χ4n) is 5.95. The first-order valence-corrected chi connectivity index (χ1v) is 7.90. The molecule has 0 radical (unpaired) electrons. The van der Waals surface area contributed by atoms with Crippen molar-refractivity contribution in [2.45, 2.75) is 46.1 Å². The minimum atomic E-state index is -0.200. The fraction of sp³-hybridized carbons (Fsp3) is 0.824. The normalized spacial score (nSPS) is 53.1. The van der Waals surface area contributed by atoms with Crippen molar-refractivity contribution in [3.05, 3.63) is 12.2 Å². The molecular weight excluding hydrogens is 236 g/mol. The first-order chi connectivity index (χ1) is 9.00. The minimum Gasteiger partial charge on any atom is -0.463 e. The Labute approximate surface area is 115 Å². The van der Waals surface area contributed by atoms with E-state index in [9.17, 15) is 4.79 Å². The Bertz CT molecular complexity index is 452. The highest BCUT2D eigenvalue weighted by Gasteiger charge is 2.67. The van der Waals surface area contributed by atoms with Crippen LogP contribution in [0.25, 0.3) is 0 Å². The summed E-state index contributed by atoms with van der Waals surface area (Å²) in [6, 6.07) is 0. The number of allylic oxidation sites excluding steroid dienone is 2. The van der Waals surface area contributed by atoms with E-state index in [1.165, 1.54) is 12.8 Å². The van der Waals surface area contributed by atoms with Crippen LogP contribution in [0.5, 0.6) is 0 Å². The molecule has 4 bridgehead atoms. The van der Waals surface area contributed by atoms with Gasteiger partial charge in [-0.05, 0) is 75.5 Å². The molecule has 104 valence electrons. The fourth-order valence-corrected chi connectivity index (χ4v) is 5.95. The summed E-state index contributed by atoms with van der Waals surface area (Å²) in [5.41, 5.74) is -0.200. The monoisotopic (exact) mass is 260 g/mol. The van der Waals surface area contributed by atoms with Gasteiger partial charge in [-0.3, -0.25) is 4.79 Å². The number of esters is 1. The molecule has 3 saturated carbocycles. The summed E-state index contributed by atoms with van der Waals surface area (Å²) in [5, 5.41) is 0. The van der Waals surface area contributed by atoms with Crippen LogP contribution in [0.2, 0.25) is 0 Å². The second-order valence-corrected chi connectivity index (χ2v) is 7.78. The minimum absolute atomic E-state index is 0.0131. The summed E-state index contributed by atoms with van der Waals surface area (Å²) in [7, 11) is 0. The Hall–Kier alpha value is -0.790. The van der Waals surface area contributed by atoms with Crippen LogP contribution in [0.1, 0.15) is 40.0 Å². The highest BCUT2D eigenvalue weighted by Crippen LogP contribution is 2.70. The molecule has 7 atom stereocenters. The van der Waals surface area contributed by atoms with Gasteiger partial charge in [-0.2, -0.15) is 0 Å². The Balaban J connectivity index is 1.62. The maximum absolute atomic E-state index is 12.5. The summed E-state index contributed by atoms with van der Waals surface area (Å²) in [4.78, 5) is 12.5. The van der Waals surface area contributed by atoms with Crippen molar-refractivity contribution in [3.8, 4) is 0 Å². The summed E-state index contributed by atoms with van der Waals surface area (Å²) in [5.74, 6) is 4.68. The number of carbonyl (C=O) groups is 1. The van der Waals surface area contributed by atoms with Crippen LogP contribution in [0, 0.1) is 40.9 Å². The Morgan fingerprint density at radius 2 is 1.89 bits per heavy atom. The van der Waals surface area contributed by atoms with Crippen molar-refractivity contribution >= 4 is 5.97 Å². The summed E-state index contributed by atoms with van der Waals surface area (Å²) in [6.45, 7) is 6.09. The lowest BCUT2D eigenvalue weighted by atomic mass is 9.63. The van der Waals surface area contributed by atoms with Crippen molar-refractivity contribution in [1.29, 1.82) is 0 Å². The zero-order chi connectivity index (χ0) is 13.4. The van der Waals surface area contributed by atoms with Crippen LogP contribution in [0.15, 0.2) is 12.2 Å². The first kappa shape index (κ1) is 12.0. The third-order valence-electron chi connectivity index (χ3n) is 6.46. The molecule has 7 unspecified atom stereocenters. The molecule has 0 aromatic carbocycles. The van der Waals surface area contributed by atoms with Gasteiger partial charge in [0.15, 0.2) is 0 Å². The van der Waals surface area contributed by atoms with Gasteiger partial charge in [0, 0.05) is 0 Å². The quantitative estimate of drug-likeness (QED) is 0.432. The molecule has 3 fully saturated rings. The van der Waals surface area contributed by atoms with Gasteiger partial charge < -0.3 is 4.74 Å². The van der Waals surface area contributed by atoms with Crippen LogP contribution in [0.4, 0.5) is 0 Å². The molecule has 2 nitrogen and oxygen atoms in total. The molecule has 0 amide bonds. The summed E-state index contributed by atoms with van der Waals surface area (Å²) < 4.78 is 5.56. The average molecular weight is 260 g/mol. The topological polar surface area (TPSA) is 26.3 Å². The standard InChI is InChI=1S/C17H24O2/c1-9(2)19-16(18)17(3)8-12-7-13(17)15-11-5-4-10(6-11)14(12)15/h4-5,9-15H,6-8H2,1-3H3. The van der Waals surface area contributed by atoms with Gasteiger partial charge in [0.1, 0.15) is 0 Å². The molecule has 0 saturated heterocycles. The number of rotatable bonds is 2. The van der Waals surface area contributed by atoms with Crippen LogP contribution in [-0.2, 0) is 9.53 Å². The van der Waals surface area contributed by atoms with Gasteiger partial charge in [-0.1, -0.05) is 12.2 Å². The van der Waals surface area contributed by atoms with E-state index in [4.69, 9.17) is 4.74 Å². The third kappa shape index (κ3) is 1.41. The van der Waals surface area contributed by atoms with Gasteiger partial charge in [0.05, 0.1) is 11.5 Å². The van der Waals surface area contributed by atoms with Crippen molar-refractivity contribution in [2.24, 2.45) is 40.9 Å². The van der Waals surface area contributed by atoms with Crippen molar-refractivity contribution < 1.29 is 9.53 Å². The third-order valence-corrected chi connectivity index (χ3v) is 6.46. The van der Waals surface area contributed by atoms with Crippen molar-refractivity contribution in [2.75, 3.05) is 0 Å². The number of carbonyl (C=O) groups excluding carboxylic acids is 1. The van der Waals surface area contributed by atoms with Gasteiger partial charge in [-0.15, -0.1) is 0 Å². The molecule has 4 aliphatic rings. The number of fused-ring (bicyclic) bond motifs is 9. The van der Waals surface area contributed by atoms with E-state index in [0.717, 1.165) is 36.0 Å². The second-order valence-electron chi connectivity index (χ2n) is 7.78. The Kier molecular flexibility index (Phi) is 2.30. The molecular formula is C17H24O2. The largest absolute Gasteiger partial charge is 0.463 e. The molecule has 0 N–H and O–H groups in total. The van der Waals surface area contributed by atoms with Gasteiger partial charge in [0.2, 0.25) is 0 Å². The van der Waals surface area contributed by atoms with E-state index < -0.39 is 0 Å². The van der Waals surface area contributed by atoms with E-state index >= 15 is 0 Å². The Morgan fingerprint density at radius 3 is 2.58 bits per heavy atom. The van der Waals surface area contributed by atoms with Gasteiger partial charge in [-0.25, -0.2) is 0 Å². The maximum Gasteiger partial charge on any atom is 0.312 e. The lowest BCUT2D eigenvalue weighted by Crippen LogP contribution is -2.43. The predicted molar refractivity (Wildman–Crippen MR) is 73.3 cm³/mol. The molecule has 2 heteroatoms. The van der Waals surface area contributed by atoms with Crippen LogP contribution >= 0.6 is 0 Å². The SMILES string of the molecule is CC(C)OC(=O)C1(C)CC2CC1C1C3C=CC(C3)C21. The maximum atomic E-state index is 12.5. The lowest BCUT2D eigenvalue weighted by Gasteiger charge is -2.42. The van der Waals surface area contributed by atoms with E-state index in [1.807, 2.05) is 13.8 Å². The number of ether oxygens (including phenoxy) is 1. The van der Waals surface area contributed by atoms with Gasteiger partial charge in [0.25, 0.3) is 0 Å². The van der Waals surface area contributed by atoms with E-state index in [2.05, 4.69) is 19.1 Å². The summed E-state index contributed by atoms with van der Waals surface area (Å²) in [6.07, 6.45) is 8.60. The van der Waals surface area contributed by atoms with E-state index in [-0.39, 0.29) is 17.5 Å². The smallest absolute Gasteiger partial charge is 0.312 e. The molecule has 0 spiro atoms. The zero-order valence-electron chi connectivity index (χ0n) is 12.1. The number of hydrogen-bond donors (Lipinski definition) is 0. The van der Waals surface area contributed by atoms with Crippen LogP contribution in [0.3, 0.4) is 0 Å². The first-order valence-electron chi connectivity index (χ1n) is 7.90. The second kappa shape index (κ2) is 3.65. The lowest BCUT2D eigenvalue weighted by molar-refractivity contribution is -0.164. The molecule has 0 aromatic rings. The van der Waals surface area contributed by atoms with E-state index in [0.29, 0.717) is 5.92 Å². The van der Waals surface area contributed by atoms with Crippen LogP contribution in [-0.4, -0.2) is 12.1 Å². The van der Waals surface area contributed by atoms with E-state index in [1.54, 1.807) is 0 Å². The average Bonchev–Trinajstić information content (AvgIpc) is 3.04. The molecule has 19 heavy (non-hydrogen) atoms. The molecule has 4 rings (SSSR count). The number of hydrogen-bond acceptors (Lipinski definition) is 2. The highest BCUT2D eigenvalue weighted by atomic mass is 16.5. The molecule has 4 aliphatic carbocycles. The van der Waals surface area contributed by atoms with Crippen molar-refractivity contribution in [1.82, 2.24) is 0 Å². The van der Waals surface area contributed by atoms with Crippen LogP contribution < -0.4 is 0 Å². The van der Waals surface area contributed by atoms with Gasteiger partial charge >= 0.3 is 5.97 Å². The predicted octanol–water partition coefficient (Wildman–Crippen LogP) is 3.42. The molecule has 0 aromatic heterocycles. The Morgan fingerprint density at radius 1 is 1.21 bits per heavy atom. The molecule has 0 aliphatic heterocycles.